The number of esters is 2. The van der Waals surface area contributed by atoms with E-state index in [1.165, 1.54) is 14.0 Å². The van der Waals surface area contributed by atoms with Crippen molar-refractivity contribution in [2.75, 3.05) is 7.11 Å². The molecule has 82 valence electrons. The first-order valence-corrected chi connectivity index (χ1v) is 5.05. The number of carbonyl (C=O) groups is 2. The van der Waals surface area contributed by atoms with E-state index in [9.17, 15) is 9.59 Å². The number of rotatable bonds is 2. The van der Waals surface area contributed by atoms with Crippen LogP contribution < -0.4 is 0 Å². The number of carbonyl (C=O) groups excluding carboxylic acids is 2. The first kappa shape index (κ1) is 10.2. The van der Waals surface area contributed by atoms with Crippen LogP contribution in [0.2, 0.25) is 0 Å². The first-order chi connectivity index (χ1) is 7.08. The second-order valence-corrected chi connectivity index (χ2v) is 4.17. The summed E-state index contributed by atoms with van der Waals surface area (Å²) in [5.74, 6) is -0.539. The number of ether oxygens (including phenoxy) is 2. The smallest absolute Gasteiger partial charge is 0.350 e. The highest BCUT2D eigenvalue weighted by atomic mass is 16.6. The Morgan fingerprint density at radius 2 is 2.13 bits per heavy atom. The second kappa shape index (κ2) is 3.36. The van der Waals surface area contributed by atoms with Crippen molar-refractivity contribution in [1.29, 1.82) is 0 Å². The van der Waals surface area contributed by atoms with Crippen LogP contribution in [0.15, 0.2) is 12.2 Å². The van der Waals surface area contributed by atoms with Gasteiger partial charge in [-0.2, -0.15) is 0 Å². The van der Waals surface area contributed by atoms with Crippen LogP contribution in [0.25, 0.3) is 0 Å². The normalized spacial score (nSPS) is 36.7. The summed E-state index contributed by atoms with van der Waals surface area (Å²) in [6, 6.07) is 0. The van der Waals surface area contributed by atoms with E-state index >= 15 is 0 Å². The molecule has 0 unspecified atom stereocenters. The molecule has 2 aliphatic carbocycles. The van der Waals surface area contributed by atoms with E-state index < -0.39 is 17.5 Å². The summed E-state index contributed by atoms with van der Waals surface area (Å²) in [5.41, 5.74) is -1.06. The van der Waals surface area contributed by atoms with E-state index in [4.69, 9.17) is 9.47 Å². The minimum absolute atomic E-state index is 0.0150. The number of allylic oxidation sites excluding steroid dienone is 1. The zero-order valence-electron chi connectivity index (χ0n) is 8.86. The molecule has 0 aromatic carbocycles. The third kappa shape index (κ3) is 1.44. The molecule has 0 heterocycles. The van der Waals surface area contributed by atoms with E-state index in [1.807, 2.05) is 6.08 Å². The van der Waals surface area contributed by atoms with Crippen molar-refractivity contribution in [2.45, 2.75) is 25.4 Å². The van der Waals surface area contributed by atoms with Crippen LogP contribution in [-0.4, -0.2) is 24.6 Å². The van der Waals surface area contributed by atoms with E-state index in [2.05, 4.69) is 6.08 Å². The number of methoxy groups -OCH3 is 1. The summed E-state index contributed by atoms with van der Waals surface area (Å²) in [6.07, 6.45) is 5.46. The van der Waals surface area contributed by atoms with Gasteiger partial charge in [-0.3, -0.25) is 4.79 Å². The van der Waals surface area contributed by atoms with Crippen LogP contribution in [0.5, 0.6) is 0 Å². The van der Waals surface area contributed by atoms with Crippen LogP contribution in [0.3, 0.4) is 0 Å². The summed E-state index contributed by atoms with van der Waals surface area (Å²) < 4.78 is 9.96. The Labute approximate surface area is 88.2 Å². The fourth-order valence-electron chi connectivity index (χ4n) is 2.64. The molecule has 2 bridgehead atoms. The summed E-state index contributed by atoms with van der Waals surface area (Å²) in [6.45, 7) is 1.32. The summed E-state index contributed by atoms with van der Waals surface area (Å²) in [4.78, 5) is 22.8. The van der Waals surface area contributed by atoms with Gasteiger partial charge >= 0.3 is 11.9 Å². The van der Waals surface area contributed by atoms with Crippen LogP contribution in [0.4, 0.5) is 0 Å². The number of fused-ring (bicyclic) bond motifs is 2. The zero-order valence-corrected chi connectivity index (χ0v) is 8.86. The van der Waals surface area contributed by atoms with E-state index in [1.54, 1.807) is 0 Å². The molecule has 2 rings (SSSR count). The first-order valence-electron chi connectivity index (χ1n) is 5.05. The van der Waals surface area contributed by atoms with Gasteiger partial charge in [0.05, 0.1) is 7.11 Å². The molecule has 1 saturated carbocycles. The highest BCUT2D eigenvalue weighted by Crippen LogP contribution is 2.49. The lowest BCUT2D eigenvalue weighted by molar-refractivity contribution is -0.183. The fourth-order valence-corrected chi connectivity index (χ4v) is 2.64. The van der Waals surface area contributed by atoms with Gasteiger partial charge in [-0.15, -0.1) is 0 Å². The van der Waals surface area contributed by atoms with Crippen molar-refractivity contribution in [3.05, 3.63) is 12.2 Å². The van der Waals surface area contributed by atoms with Crippen molar-refractivity contribution >= 4 is 11.9 Å². The minimum atomic E-state index is -1.06. The number of hydrogen-bond acceptors (Lipinski definition) is 4. The molecular formula is C11H14O4. The van der Waals surface area contributed by atoms with Crippen LogP contribution in [-0.2, 0) is 19.1 Å². The van der Waals surface area contributed by atoms with E-state index in [-0.39, 0.29) is 5.92 Å². The average Bonchev–Trinajstić information content (AvgIpc) is 2.75. The predicted molar refractivity (Wildman–Crippen MR) is 51.9 cm³/mol. The Morgan fingerprint density at radius 3 is 2.53 bits per heavy atom. The van der Waals surface area contributed by atoms with Crippen molar-refractivity contribution in [2.24, 2.45) is 11.8 Å². The second-order valence-electron chi connectivity index (χ2n) is 4.17. The van der Waals surface area contributed by atoms with Crippen molar-refractivity contribution in [3.8, 4) is 0 Å². The number of hydrogen-bond donors (Lipinski definition) is 0. The molecule has 0 aromatic rings. The van der Waals surface area contributed by atoms with Crippen molar-refractivity contribution in [1.82, 2.24) is 0 Å². The third-order valence-electron chi connectivity index (χ3n) is 3.19. The Balaban J connectivity index is 2.28. The molecule has 0 N–H and O–H groups in total. The zero-order chi connectivity index (χ0) is 11.1. The van der Waals surface area contributed by atoms with Crippen molar-refractivity contribution in [3.63, 3.8) is 0 Å². The van der Waals surface area contributed by atoms with Gasteiger partial charge in [0.1, 0.15) is 0 Å². The maximum atomic E-state index is 11.7. The lowest BCUT2D eigenvalue weighted by Crippen LogP contribution is -2.47. The van der Waals surface area contributed by atoms with Gasteiger partial charge in [-0.25, -0.2) is 4.79 Å². The van der Waals surface area contributed by atoms with Gasteiger partial charge in [0.15, 0.2) is 0 Å². The third-order valence-corrected chi connectivity index (χ3v) is 3.19. The predicted octanol–water partition coefficient (Wildman–Crippen LogP) is 1.06. The Kier molecular flexibility index (Phi) is 2.29. The summed E-state index contributed by atoms with van der Waals surface area (Å²) in [5, 5.41) is 0. The molecule has 15 heavy (non-hydrogen) atoms. The molecule has 0 spiro atoms. The van der Waals surface area contributed by atoms with E-state index in [0.29, 0.717) is 12.3 Å². The molecular weight excluding hydrogens is 196 g/mol. The van der Waals surface area contributed by atoms with Crippen LogP contribution in [0, 0.1) is 11.8 Å². The minimum Gasteiger partial charge on any atom is -0.466 e. The SMILES string of the molecule is COC(=O)[C@]1(OC(C)=O)C[C@@H]2C=C[C@H]1C2. The Morgan fingerprint density at radius 1 is 1.40 bits per heavy atom. The molecule has 0 aromatic heterocycles. The fraction of sp³-hybridized carbons (Fsp3) is 0.636. The quantitative estimate of drug-likeness (QED) is 0.505. The standard InChI is InChI=1S/C11H14O4/c1-7(12)15-11(10(13)14-2)6-8-3-4-9(11)5-8/h3-4,8-9H,5-6H2,1-2H3/t8-,9+,11+/m1/s1. The van der Waals surface area contributed by atoms with Crippen LogP contribution in [0.1, 0.15) is 19.8 Å². The highest BCUT2D eigenvalue weighted by molar-refractivity contribution is 5.84. The lowest BCUT2D eigenvalue weighted by Gasteiger charge is -2.31. The van der Waals surface area contributed by atoms with Gasteiger partial charge < -0.3 is 9.47 Å². The molecule has 0 amide bonds. The van der Waals surface area contributed by atoms with Crippen LogP contribution >= 0.6 is 0 Å². The topological polar surface area (TPSA) is 52.6 Å². The molecule has 4 nitrogen and oxygen atoms in total. The molecule has 3 atom stereocenters. The largest absolute Gasteiger partial charge is 0.466 e. The van der Waals surface area contributed by atoms with Gasteiger partial charge in [-0.05, 0) is 12.3 Å². The summed E-state index contributed by atoms with van der Waals surface area (Å²) in [7, 11) is 1.32. The monoisotopic (exact) mass is 210 g/mol. The Hall–Kier alpha value is -1.32. The average molecular weight is 210 g/mol. The highest BCUT2D eigenvalue weighted by Gasteiger charge is 2.57. The van der Waals surface area contributed by atoms with Gasteiger partial charge in [0.25, 0.3) is 0 Å². The molecule has 4 heteroatoms. The summed E-state index contributed by atoms with van der Waals surface area (Å²) >= 11 is 0. The van der Waals surface area contributed by atoms with Crippen molar-refractivity contribution < 1.29 is 19.1 Å². The maximum absolute atomic E-state index is 11.7. The lowest BCUT2D eigenvalue weighted by atomic mass is 9.88. The van der Waals surface area contributed by atoms with Gasteiger partial charge in [-0.1, -0.05) is 12.2 Å². The molecule has 1 fully saturated rings. The molecule has 0 radical (unpaired) electrons. The molecule has 0 aliphatic heterocycles. The molecule has 2 aliphatic rings. The maximum Gasteiger partial charge on any atom is 0.350 e. The van der Waals surface area contributed by atoms with Gasteiger partial charge in [0, 0.05) is 19.3 Å². The molecule has 0 saturated heterocycles. The van der Waals surface area contributed by atoms with Gasteiger partial charge in [0.2, 0.25) is 5.60 Å². The van der Waals surface area contributed by atoms with E-state index in [0.717, 1.165) is 6.42 Å². The Bertz CT molecular complexity index is 333.